The minimum Gasteiger partial charge on any atom is -0.495 e. The number of methoxy groups -OCH3 is 1. The van der Waals surface area contributed by atoms with Crippen molar-refractivity contribution in [3.63, 3.8) is 0 Å². The van der Waals surface area contributed by atoms with Crippen LogP contribution in [0, 0.1) is 6.92 Å². The van der Waals surface area contributed by atoms with Gasteiger partial charge in [0.1, 0.15) is 5.75 Å². The molecule has 0 saturated carbocycles. The number of carbonyl (C=O) groups excluding carboxylic acids is 1. The van der Waals surface area contributed by atoms with E-state index >= 15 is 0 Å². The molecule has 0 radical (unpaired) electrons. The van der Waals surface area contributed by atoms with Crippen molar-refractivity contribution < 1.29 is 14.4 Å². The maximum absolute atomic E-state index is 12.3. The van der Waals surface area contributed by atoms with Crippen molar-refractivity contribution in [2.75, 3.05) is 45.2 Å². The Balaban J connectivity index is 1.99. The molecule has 1 fully saturated rings. The number of nitrogens with one attached hydrogen (secondary N) is 2. The number of benzene rings is 1. The predicted molar refractivity (Wildman–Crippen MR) is 79.6 cm³/mol. The van der Waals surface area contributed by atoms with Gasteiger partial charge in [-0.25, -0.2) is 4.79 Å². The van der Waals surface area contributed by atoms with Crippen LogP contribution < -0.4 is 15.0 Å². The Labute approximate surface area is 120 Å². The van der Waals surface area contributed by atoms with Gasteiger partial charge in [0, 0.05) is 0 Å². The van der Waals surface area contributed by atoms with Gasteiger partial charge in [0.05, 0.1) is 45.5 Å². The van der Waals surface area contributed by atoms with Crippen LogP contribution in [0.1, 0.15) is 12.5 Å². The first-order valence-corrected chi connectivity index (χ1v) is 7.18. The van der Waals surface area contributed by atoms with E-state index in [1.165, 1.54) is 0 Å². The quantitative estimate of drug-likeness (QED) is 0.857. The van der Waals surface area contributed by atoms with E-state index in [0.29, 0.717) is 5.75 Å². The van der Waals surface area contributed by atoms with Crippen molar-refractivity contribution in [3.8, 4) is 5.75 Å². The summed E-state index contributed by atoms with van der Waals surface area (Å²) in [7, 11) is 1.61. The molecule has 0 aromatic heterocycles. The van der Waals surface area contributed by atoms with Crippen LogP contribution in [-0.4, -0.2) is 50.8 Å². The van der Waals surface area contributed by atoms with E-state index in [4.69, 9.17) is 4.74 Å². The van der Waals surface area contributed by atoms with Gasteiger partial charge in [-0.1, -0.05) is 6.07 Å². The minimum atomic E-state index is -0.0379. The van der Waals surface area contributed by atoms with Crippen LogP contribution >= 0.6 is 0 Å². The number of quaternary nitrogens is 1. The molecule has 20 heavy (non-hydrogen) atoms. The Hall–Kier alpha value is -1.75. The van der Waals surface area contributed by atoms with Crippen molar-refractivity contribution in [3.05, 3.63) is 23.8 Å². The second kappa shape index (κ2) is 6.61. The van der Waals surface area contributed by atoms with Crippen LogP contribution in [0.3, 0.4) is 0 Å². The predicted octanol–water partition coefficient (Wildman–Crippen LogP) is 0.756. The smallest absolute Gasteiger partial charge is 0.322 e. The molecule has 0 atom stereocenters. The van der Waals surface area contributed by atoms with E-state index < -0.39 is 0 Å². The zero-order chi connectivity index (χ0) is 14.5. The van der Waals surface area contributed by atoms with Gasteiger partial charge in [-0.05, 0) is 31.5 Å². The van der Waals surface area contributed by atoms with Crippen molar-refractivity contribution >= 4 is 11.7 Å². The number of hydrogen-bond donors (Lipinski definition) is 2. The molecular formula is C15H24N3O2+. The Morgan fingerprint density at radius 2 is 2.10 bits per heavy atom. The maximum atomic E-state index is 12.3. The average molecular weight is 278 g/mol. The Morgan fingerprint density at radius 1 is 1.40 bits per heavy atom. The Morgan fingerprint density at radius 3 is 2.70 bits per heavy atom. The first kappa shape index (κ1) is 14.7. The third-order valence-electron chi connectivity index (χ3n) is 3.85. The molecule has 1 heterocycles. The molecule has 2 amide bonds. The van der Waals surface area contributed by atoms with Gasteiger partial charge < -0.3 is 19.9 Å². The molecule has 1 aromatic rings. The normalized spacial score (nSPS) is 16.1. The Bertz CT molecular complexity index is 468. The highest BCUT2D eigenvalue weighted by Gasteiger charge is 2.23. The molecule has 5 nitrogen and oxygen atoms in total. The van der Waals surface area contributed by atoms with Crippen LogP contribution in [0.25, 0.3) is 0 Å². The molecular weight excluding hydrogens is 254 g/mol. The molecule has 1 aromatic carbocycles. The lowest BCUT2D eigenvalue weighted by molar-refractivity contribution is -0.902. The van der Waals surface area contributed by atoms with Crippen LogP contribution in [0.2, 0.25) is 0 Å². The number of anilines is 1. The van der Waals surface area contributed by atoms with E-state index in [-0.39, 0.29) is 6.03 Å². The lowest BCUT2D eigenvalue weighted by Gasteiger charge is -2.31. The summed E-state index contributed by atoms with van der Waals surface area (Å²) in [5.41, 5.74) is 1.84. The van der Waals surface area contributed by atoms with Gasteiger partial charge >= 0.3 is 6.03 Å². The largest absolute Gasteiger partial charge is 0.495 e. The highest BCUT2D eigenvalue weighted by molar-refractivity contribution is 5.91. The first-order chi connectivity index (χ1) is 9.63. The fraction of sp³-hybridized carbons (Fsp3) is 0.533. The number of aryl methyl sites for hydroxylation is 1. The minimum absolute atomic E-state index is 0.0379. The fourth-order valence-electron chi connectivity index (χ4n) is 2.49. The summed E-state index contributed by atoms with van der Waals surface area (Å²) < 4.78 is 5.29. The van der Waals surface area contributed by atoms with E-state index in [2.05, 4.69) is 12.2 Å². The van der Waals surface area contributed by atoms with E-state index in [1.54, 1.807) is 12.0 Å². The number of likely N-dealkylation sites (N-methyl/N-ethyl adjacent to an activating group) is 1. The van der Waals surface area contributed by atoms with Gasteiger partial charge in [-0.3, -0.25) is 0 Å². The number of rotatable bonds is 3. The molecule has 1 aliphatic rings. The molecule has 0 aliphatic carbocycles. The van der Waals surface area contributed by atoms with E-state index in [0.717, 1.165) is 44.0 Å². The summed E-state index contributed by atoms with van der Waals surface area (Å²) in [4.78, 5) is 15.7. The number of hydrogen-bond acceptors (Lipinski definition) is 2. The number of amides is 2. The molecule has 1 saturated heterocycles. The molecule has 110 valence electrons. The van der Waals surface area contributed by atoms with Crippen molar-refractivity contribution in [2.24, 2.45) is 0 Å². The maximum Gasteiger partial charge on any atom is 0.322 e. The molecule has 2 rings (SSSR count). The number of piperazine rings is 1. The highest BCUT2D eigenvalue weighted by Crippen LogP contribution is 2.25. The zero-order valence-electron chi connectivity index (χ0n) is 12.5. The molecule has 2 N–H and O–H groups in total. The standard InChI is InChI=1S/C15H23N3O2/c1-4-17-7-9-18(10-8-17)15(19)16-13-11-12(2)5-6-14(13)20-3/h5-6,11H,4,7-10H2,1-3H3,(H,16,19)/p+1. The van der Waals surface area contributed by atoms with Crippen LogP contribution in [0.5, 0.6) is 5.75 Å². The first-order valence-electron chi connectivity index (χ1n) is 7.18. The molecule has 0 unspecified atom stereocenters. The topological polar surface area (TPSA) is 46.0 Å². The van der Waals surface area contributed by atoms with E-state index in [1.807, 2.05) is 30.0 Å². The van der Waals surface area contributed by atoms with Gasteiger partial charge in [0.2, 0.25) is 0 Å². The van der Waals surface area contributed by atoms with Crippen LogP contribution in [0.15, 0.2) is 18.2 Å². The number of nitrogens with zero attached hydrogens (tertiary/aromatic N) is 1. The van der Waals surface area contributed by atoms with Gasteiger partial charge in [-0.15, -0.1) is 0 Å². The fourth-order valence-corrected chi connectivity index (χ4v) is 2.49. The molecule has 1 aliphatic heterocycles. The number of carbonyl (C=O) groups is 1. The van der Waals surface area contributed by atoms with E-state index in [9.17, 15) is 4.79 Å². The summed E-state index contributed by atoms with van der Waals surface area (Å²) in [6.07, 6.45) is 0. The summed E-state index contributed by atoms with van der Waals surface area (Å²) in [6, 6.07) is 5.75. The van der Waals surface area contributed by atoms with Crippen molar-refractivity contribution in [2.45, 2.75) is 13.8 Å². The summed E-state index contributed by atoms with van der Waals surface area (Å²) in [6.45, 7) is 8.97. The third kappa shape index (κ3) is 3.42. The average Bonchev–Trinajstić information content (AvgIpc) is 2.47. The lowest BCUT2D eigenvalue weighted by atomic mass is 10.2. The molecule has 0 spiro atoms. The van der Waals surface area contributed by atoms with Crippen LogP contribution in [-0.2, 0) is 0 Å². The second-order valence-corrected chi connectivity index (χ2v) is 5.22. The van der Waals surface area contributed by atoms with Crippen molar-refractivity contribution in [1.82, 2.24) is 4.90 Å². The number of ether oxygens (including phenoxy) is 1. The van der Waals surface area contributed by atoms with Gasteiger partial charge in [0.15, 0.2) is 0 Å². The van der Waals surface area contributed by atoms with Crippen molar-refractivity contribution in [1.29, 1.82) is 0 Å². The lowest BCUT2D eigenvalue weighted by Crippen LogP contribution is -3.14. The second-order valence-electron chi connectivity index (χ2n) is 5.22. The zero-order valence-corrected chi connectivity index (χ0v) is 12.5. The van der Waals surface area contributed by atoms with Crippen LogP contribution in [0.4, 0.5) is 10.5 Å². The summed E-state index contributed by atoms with van der Waals surface area (Å²) in [5.74, 6) is 0.696. The molecule has 0 bridgehead atoms. The summed E-state index contributed by atoms with van der Waals surface area (Å²) >= 11 is 0. The monoisotopic (exact) mass is 278 g/mol. The summed E-state index contributed by atoms with van der Waals surface area (Å²) in [5, 5.41) is 2.96. The van der Waals surface area contributed by atoms with Gasteiger partial charge in [0.25, 0.3) is 0 Å². The SMILES string of the molecule is CC[NH+]1CCN(C(=O)Nc2cc(C)ccc2OC)CC1. The Kier molecular flexibility index (Phi) is 4.84. The van der Waals surface area contributed by atoms with Gasteiger partial charge in [-0.2, -0.15) is 0 Å². The highest BCUT2D eigenvalue weighted by atomic mass is 16.5. The third-order valence-corrected chi connectivity index (χ3v) is 3.85. The number of urea groups is 1. The molecule has 5 heteroatoms.